The molecule has 0 bridgehead atoms. The molecule has 94 valence electrons. The zero-order valence-electron chi connectivity index (χ0n) is 9.62. The standard InChI is InChI=1S/C14H11BrF2O/c1-8-5-11(13(17)7-12(8)16)14(18)9-3-2-4-10(15)6-9/h2-7,14,18H,1H3. The molecule has 1 atom stereocenters. The molecule has 1 unspecified atom stereocenters. The van der Waals surface area contributed by atoms with Gasteiger partial charge in [-0.3, -0.25) is 0 Å². The molecule has 0 radical (unpaired) electrons. The number of hydrogen-bond donors (Lipinski definition) is 1. The largest absolute Gasteiger partial charge is 0.384 e. The van der Waals surface area contributed by atoms with Crippen molar-refractivity contribution in [1.29, 1.82) is 0 Å². The van der Waals surface area contributed by atoms with Crippen LogP contribution in [0.4, 0.5) is 8.78 Å². The fourth-order valence-electron chi connectivity index (χ4n) is 1.75. The minimum absolute atomic E-state index is 0.0759. The molecule has 4 heteroatoms. The normalized spacial score (nSPS) is 12.5. The predicted molar refractivity (Wildman–Crippen MR) is 69.3 cm³/mol. The molecule has 0 aliphatic carbocycles. The second-order valence-electron chi connectivity index (χ2n) is 4.08. The van der Waals surface area contributed by atoms with Gasteiger partial charge in [0.05, 0.1) is 0 Å². The van der Waals surface area contributed by atoms with Gasteiger partial charge in [0.2, 0.25) is 0 Å². The summed E-state index contributed by atoms with van der Waals surface area (Å²) < 4.78 is 27.6. The van der Waals surface area contributed by atoms with Gasteiger partial charge in [0, 0.05) is 16.1 Å². The van der Waals surface area contributed by atoms with Crippen molar-refractivity contribution in [3.63, 3.8) is 0 Å². The first-order valence-corrected chi connectivity index (χ1v) is 6.17. The number of aryl methyl sites for hydroxylation is 1. The van der Waals surface area contributed by atoms with Crippen molar-refractivity contribution in [2.24, 2.45) is 0 Å². The maximum Gasteiger partial charge on any atom is 0.132 e. The fourth-order valence-corrected chi connectivity index (χ4v) is 2.16. The summed E-state index contributed by atoms with van der Waals surface area (Å²) in [6.07, 6.45) is -1.11. The lowest BCUT2D eigenvalue weighted by molar-refractivity contribution is 0.214. The van der Waals surface area contributed by atoms with Crippen molar-refractivity contribution >= 4 is 15.9 Å². The van der Waals surface area contributed by atoms with Crippen LogP contribution in [-0.2, 0) is 0 Å². The third-order valence-electron chi connectivity index (χ3n) is 2.74. The third kappa shape index (κ3) is 2.60. The summed E-state index contributed by atoms with van der Waals surface area (Å²) in [5.41, 5.74) is 0.932. The Morgan fingerprint density at radius 2 is 1.83 bits per heavy atom. The Morgan fingerprint density at radius 3 is 2.50 bits per heavy atom. The molecular formula is C14H11BrF2O. The average molecular weight is 313 g/mol. The summed E-state index contributed by atoms with van der Waals surface area (Å²) in [5.74, 6) is -1.36. The Balaban J connectivity index is 2.46. The van der Waals surface area contributed by atoms with E-state index in [0.717, 1.165) is 10.5 Å². The number of rotatable bonds is 2. The average Bonchev–Trinajstić information content (AvgIpc) is 2.33. The van der Waals surface area contributed by atoms with Gasteiger partial charge in [0.15, 0.2) is 0 Å². The van der Waals surface area contributed by atoms with Crippen LogP contribution in [0.2, 0.25) is 0 Å². The first-order chi connectivity index (χ1) is 8.49. The van der Waals surface area contributed by atoms with Crippen molar-refractivity contribution in [1.82, 2.24) is 0 Å². The minimum Gasteiger partial charge on any atom is -0.384 e. The lowest BCUT2D eigenvalue weighted by Gasteiger charge is -2.14. The number of aliphatic hydroxyl groups is 1. The van der Waals surface area contributed by atoms with Gasteiger partial charge in [-0.15, -0.1) is 0 Å². The van der Waals surface area contributed by atoms with Crippen LogP contribution in [0.3, 0.4) is 0 Å². The summed E-state index contributed by atoms with van der Waals surface area (Å²) in [5, 5.41) is 10.1. The summed E-state index contributed by atoms with van der Waals surface area (Å²) in [7, 11) is 0. The van der Waals surface area contributed by atoms with Crippen molar-refractivity contribution in [3.05, 3.63) is 69.2 Å². The molecule has 1 N–H and O–H groups in total. The van der Waals surface area contributed by atoms with Crippen molar-refractivity contribution in [2.75, 3.05) is 0 Å². The molecule has 0 saturated carbocycles. The highest BCUT2D eigenvalue weighted by atomic mass is 79.9. The van der Waals surface area contributed by atoms with Crippen LogP contribution in [-0.4, -0.2) is 5.11 Å². The first-order valence-electron chi connectivity index (χ1n) is 5.38. The fraction of sp³-hybridized carbons (Fsp3) is 0.143. The van der Waals surface area contributed by atoms with E-state index in [1.807, 2.05) is 6.07 Å². The van der Waals surface area contributed by atoms with E-state index in [4.69, 9.17) is 0 Å². The monoisotopic (exact) mass is 312 g/mol. The zero-order chi connectivity index (χ0) is 13.3. The third-order valence-corrected chi connectivity index (χ3v) is 3.23. The van der Waals surface area contributed by atoms with Gasteiger partial charge in [0.25, 0.3) is 0 Å². The second-order valence-corrected chi connectivity index (χ2v) is 5.00. The molecular weight excluding hydrogens is 302 g/mol. The van der Waals surface area contributed by atoms with Gasteiger partial charge in [-0.25, -0.2) is 8.78 Å². The summed E-state index contributed by atoms with van der Waals surface area (Å²) >= 11 is 3.28. The van der Waals surface area contributed by atoms with Crippen molar-refractivity contribution < 1.29 is 13.9 Å². The molecule has 1 nitrogen and oxygen atoms in total. The van der Waals surface area contributed by atoms with E-state index in [1.165, 1.54) is 13.0 Å². The molecule has 0 fully saturated rings. The molecule has 2 aromatic rings. The molecule has 0 aliphatic heterocycles. The summed E-state index contributed by atoms with van der Waals surface area (Å²) in [4.78, 5) is 0. The molecule has 0 aliphatic rings. The van der Waals surface area contributed by atoms with Gasteiger partial charge < -0.3 is 5.11 Å². The Labute approximate surface area is 112 Å². The molecule has 0 aromatic heterocycles. The maximum atomic E-state index is 13.7. The topological polar surface area (TPSA) is 20.2 Å². The molecule has 0 amide bonds. The van der Waals surface area contributed by atoms with Crippen molar-refractivity contribution in [3.8, 4) is 0 Å². The van der Waals surface area contributed by atoms with E-state index in [-0.39, 0.29) is 5.56 Å². The van der Waals surface area contributed by atoms with E-state index < -0.39 is 17.7 Å². The molecule has 2 aromatic carbocycles. The Hall–Kier alpha value is -1.26. The van der Waals surface area contributed by atoms with E-state index in [2.05, 4.69) is 15.9 Å². The van der Waals surface area contributed by atoms with Gasteiger partial charge in [-0.2, -0.15) is 0 Å². The van der Waals surface area contributed by atoms with Gasteiger partial charge >= 0.3 is 0 Å². The highest BCUT2D eigenvalue weighted by Gasteiger charge is 2.17. The summed E-state index contributed by atoms with van der Waals surface area (Å²) in [6.45, 7) is 1.53. The van der Waals surface area contributed by atoms with Crippen molar-refractivity contribution in [2.45, 2.75) is 13.0 Å². The second kappa shape index (κ2) is 5.16. The van der Waals surface area contributed by atoms with Gasteiger partial charge in [0.1, 0.15) is 17.7 Å². The first kappa shape index (κ1) is 13.2. The lowest BCUT2D eigenvalue weighted by Crippen LogP contribution is -2.04. The van der Waals surface area contributed by atoms with Crippen LogP contribution in [0.5, 0.6) is 0 Å². The molecule has 2 rings (SSSR count). The smallest absolute Gasteiger partial charge is 0.132 e. The van der Waals surface area contributed by atoms with E-state index in [1.54, 1.807) is 18.2 Å². The van der Waals surface area contributed by atoms with E-state index >= 15 is 0 Å². The lowest BCUT2D eigenvalue weighted by atomic mass is 9.99. The van der Waals surface area contributed by atoms with Crippen LogP contribution in [0.15, 0.2) is 40.9 Å². The number of aliphatic hydroxyl groups excluding tert-OH is 1. The molecule has 18 heavy (non-hydrogen) atoms. The predicted octanol–water partition coefficient (Wildman–Crippen LogP) is 4.12. The number of hydrogen-bond acceptors (Lipinski definition) is 1. The summed E-state index contributed by atoms with van der Waals surface area (Å²) in [6, 6.07) is 9.07. The van der Waals surface area contributed by atoms with Crippen LogP contribution in [0, 0.1) is 18.6 Å². The van der Waals surface area contributed by atoms with E-state index in [0.29, 0.717) is 11.1 Å². The molecule has 0 heterocycles. The van der Waals surface area contributed by atoms with Crippen LogP contribution in [0.25, 0.3) is 0 Å². The Bertz CT molecular complexity index is 584. The Kier molecular flexibility index (Phi) is 3.78. The van der Waals surface area contributed by atoms with Gasteiger partial charge in [-0.1, -0.05) is 28.1 Å². The minimum atomic E-state index is -1.11. The number of halogens is 3. The SMILES string of the molecule is Cc1cc(C(O)c2cccc(Br)c2)c(F)cc1F. The molecule has 0 spiro atoms. The Morgan fingerprint density at radius 1 is 1.11 bits per heavy atom. The van der Waals surface area contributed by atoms with Crippen LogP contribution in [0.1, 0.15) is 22.8 Å². The zero-order valence-corrected chi connectivity index (χ0v) is 11.2. The van der Waals surface area contributed by atoms with Crippen LogP contribution >= 0.6 is 15.9 Å². The number of benzene rings is 2. The highest BCUT2D eigenvalue weighted by molar-refractivity contribution is 9.10. The highest BCUT2D eigenvalue weighted by Crippen LogP contribution is 2.27. The molecule has 0 saturated heterocycles. The quantitative estimate of drug-likeness (QED) is 0.884. The van der Waals surface area contributed by atoms with E-state index in [9.17, 15) is 13.9 Å². The van der Waals surface area contributed by atoms with Gasteiger partial charge in [-0.05, 0) is 36.2 Å². The maximum absolute atomic E-state index is 13.7. The van der Waals surface area contributed by atoms with Crippen LogP contribution < -0.4 is 0 Å².